The van der Waals surface area contributed by atoms with Crippen LogP contribution in [0.4, 0.5) is 0 Å². The molecule has 1 rings (SSSR count). The van der Waals surface area contributed by atoms with E-state index >= 15 is 0 Å². The van der Waals surface area contributed by atoms with Gasteiger partial charge in [0.2, 0.25) is 5.91 Å². The summed E-state index contributed by atoms with van der Waals surface area (Å²) in [5.41, 5.74) is 0. The maximum absolute atomic E-state index is 12.0. The minimum atomic E-state index is -0.183. The summed E-state index contributed by atoms with van der Waals surface area (Å²) in [6.45, 7) is 2.51. The molecule has 0 saturated carbocycles. The Morgan fingerprint density at radius 3 is 2.55 bits per heavy atom. The first-order valence-corrected chi connectivity index (χ1v) is 8.55. The highest BCUT2D eigenvalue weighted by Gasteiger charge is 2.13. The van der Waals surface area contributed by atoms with Crippen LogP contribution in [0, 0.1) is 0 Å². The van der Waals surface area contributed by atoms with Crippen molar-refractivity contribution in [2.75, 3.05) is 13.7 Å². The van der Waals surface area contributed by atoms with Crippen molar-refractivity contribution in [2.24, 2.45) is 0 Å². The Bertz CT molecular complexity index is 479. The number of ether oxygens (including phenoxy) is 1. The highest BCUT2D eigenvalue weighted by Crippen LogP contribution is 2.24. The molecule has 1 unspecified atom stereocenters. The first-order valence-electron chi connectivity index (χ1n) is 7.29. The van der Waals surface area contributed by atoms with Crippen molar-refractivity contribution >= 4 is 35.2 Å². The van der Waals surface area contributed by atoms with E-state index in [9.17, 15) is 9.59 Å². The van der Waals surface area contributed by atoms with Gasteiger partial charge in [0.1, 0.15) is 0 Å². The molecule has 0 bridgehead atoms. The summed E-state index contributed by atoms with van der Waals surface area (Å²) in [5.74, 6) is -0.162. The Labute approximate surface area is 140 Å². The third-order valence-corrected chi connectivity index (χ3v) is 4.44. The quantitative estimate of drug-likeness (QED) is 0.422. The van der Waals surface area contributed by atoms with Gasteiger partial charge in [0.05, 0.1) is 12.4 Å². The van der Waals surface area contributed by atoms with Crippen molar-refractivity contribution in [2.45, 2.75) is 42.8 Å². The molecule has 0 spiro atoms. The van der Waals surface area contributed by atoms with E-state index in [0.29, 0.717) is 18.0 Å². The smallest absolute Gasteiger partial charge is 0.305 e. The van der Waals surface area contributed by atoms with E-state index in [0.717, 1.165) is 24.2 Å². The Morgan fingerprint density at radius 1 is 1.23 bits per heavy atom. The van der Waals surface area contributed by atoms with E-state index in [-0.39, 0.29) is 17.1 Å². The van der Waals surface area contributed by atoms with E-state index in [1.807, 2.05) is 31.2 Å². The lowest BCUT2D eigenvalue weighted by molar-refractivity contribution is -0.140. The van der Waals surface area contributed by atoms with Crippen molar-refractivity contribution in [3.8, 4) is 0 Å². The van der Waals surface area contributed by atoms with E-state index in [4.69, 9.17) is 11.6 Å². The Kier molecular flexibility index (Phi) is 9.01. The zero-order valence-electron chi connectivity index (χ0n) is 12.9. The van der Waals surface area contributed by atoms with Gasteiger partial charge >= 0.3 is 5.97 Å². The zero-order chi connectivity index (χ0) is 16.4. The van der Waals surface area contributed by atoms with Crippen molar-refractivity contribution < 1.29 is 14.3 Å². The lowest BCUT2D eigenvalue weighted by Gasteiger charge is -2.12. The number of esters is 1. The molecule has 1 amide bonds. The molecule has 0 aliphatic carbocycles. The molecule has 1 N–H and O–H groups in total. The van der Waals surface area contributed by atoms with Gasteiger partial charge in [0, 0.05) is 22.9 Å². The summed E-state index contributed by atoms with van der Waals surface area (Å²) in [4.78, 5) is 23.9. The van der Waals surface area contributed by atoms with E-state index in [2.05, 4.69) is 10.1 Å². The largest absolute Gasteiger partial charge is 0.469 e. The second-order valence-corrected chi connectivity index (χ2v) is 6.74. The molecule has 6 heteroatoms. The summed E-state index contributed by atoms with van der Waals surface area (Å²) in [6, 6.07) is 7.44. The predicted octanol–water partition coefficient (Wildman–Crippen LogP) is 3.67. The summed E-state index contributed by atoms with van der Waals surface area (Å²) < 4.78 is 4.57. The molecule has 1 atom stereocenters. The highest BCUT2D eigenvalue weighted by atomic mass is 35.5. The van der Waals surface area contributed by atoms with Crippen LogP contribution in [0.1, 0.15) is 32.6 Å². The lowest BCUT2D eigenvalue weighted by Crippen LogP contribution is -2.31. The molecule has 0 saturated heterocycles. The number of hydrogen-bond acceptors (Lipinski definition) is 4. The predicted molar refractivity (Wildman–Crippen MR) is 90.3 cm³/mol. The summed E-state index contributed by atoms with van der Waals surface area (Å²) in [5, 5.41) is 3.45. The molecule has 22 heavy (non-hydrogen) atoms. The van der Waals surface area contributed by atoms with Gasteiger partial charge in [-0.3, -0.25) is 9.59 Å². The molecule has 0 fully saturated rings. The van der Waals surface area contributed by atoms with Crippen molar-refractivity contribution in [3.63, 3.8) is 0 Å². The number of halogens is 1. The van der Waals surface area contributed by atoms with E-state index in [1.165, 1.54) is 18.9 Å². The van der Waals surface area contributed by atoms with Gasteiger partial charge < -0.3 is 10.1 Å². The molecular weight excluding hydrogens is 322 g/mol. The molecule has 1 aromatic rings. The molecular formula is C16H22ClNO3S. The van der Waals surface area contributed by atoms with Gasteiger partial charge in [-0.2, -0.15) is 0 Å². The fraction of sp³-hybridized carbons (Fsp3) is 0.500. The van der Waals surface area contributed by atoms with Crippen molar-refractivity contribution in [3.05, 3.63) is 29.3 Å². The zero-order valence-corrected chi connectivity index (χ0v) is 14.5. The maximum Gasteiger partial charge on any atom is 0.305 e. The minimum Gasteiger partial charge on any atom is -0.469 e. The van der Waals surface area contributed by atoms with Crippen LogP contribution >= 0.6 is 23.4 Å². The first kappa shape index (κ1) is 18.8. The molecule has 4 nitrogen and oxygen atoms in total. The molecule has 0 aliphatic heterocycles. The average Bonchev–Trinajstić information content (AvgIpc) is 2.52. The Balaban J connectivity index is 2.16. The van der Waals surface area contributed by atoms with Gasteiger partial charge in [-0.25, -0.2) is 0 Å². The second-order valence-electron chi connectivity index (χ2n) is 4.89. The molecule has 122 valence electrons. The van der Waals surface area contributed by atoms with Crippen LogP contribution in [0.5, 0.6) is 0 Å². The van der Waals surface area contributed by atoms with Gasteiger partial charge in [0.25, 0.3) is 0 Å². The number of carbonyl (C=O) groups is 2. The van der Waals surface area contributed by atoms with Crippen LogP contribution in [-0.4, -0.2) is 30.8 Å². The van der Waals surface area contributed by atoms with Crippen LogP contribution < -0.4 is 5.32 Å². The number of nitrogens with one attached hydrogen (secondary N) is 1. The third-order valence-electron chi connectivity index (χ3n) is 3.08. The summed E-state index contributed by atoms with van der Waals surface area (Å²) in [6.07, 6.45) is 2.99. The van der Waals surface area contributed by atoms with Crippen LogP contribution in [0.3, 0.4) is 0 Å². The number of thioether (sulfide) groups is 1. The maximum atomic E-state index is 12.0. The number of amides is 1. The van der Waals surface area contributed by atoms with Crippen LogP contribution in [0.15, 0.2) is 29.2 Å². The number of benzene rings is 1. The van der Waals surface area contributed by atoms with Gasteiger partial charge in [-0.05, 0) is 44.0 Å². The van der Waals surface area contributed by atoms with E-state index < -0.39 is 0 Å². The number of rotatable bonds is 9. The van der Waals surface area contributed by atoms with Crippen LogP contribution in [-0.2, 0) is 14.3 Å². The number of carbonyl (C=O) groups excluding carboxylic acids is 2. The molecule has 0 aromatic heterocycles. The van der Waals surface area contributed by atoms with Gasteiger partial charge in [0.15, 0.2) is 0 Å². The number of methoxy groups -OCH3 is 1. The Hall–Kier alpha value is -1.20. The Morgan fingerprint density at radius 2 is 1.91 bits per heavy atom. The lowest BCUT2D eigenvalue weighted by atomic mass is 10.2. The van der Waals surface area contributed by atoms with Gasteiger partial charge in [-0.15, -0.1) is 11.8 Å². The number of unbranched alkanes of at least 4 members (excludes halogenated alkanes) is 2. The fourth-order valence-corrected chi connectivity index (χ4v) is 2.82. The second kappa shape index (κ2) is 10.5. The molecule has 0 aliphatic rings. The van der Waals surface area contributed by atoms with Crippen LogP contribution in [0.2, 0.25) is 5.02 Å². The topological polar surface area (TPSA) is 55.4 Å². The highest BCUT2D eigenvalue weighted by molar-refractivity contribution is 8.00. The normalized spacial score (nSPS) is 11.8. The molecule has 1 aromatic carbocycles. The van der Waals surface area contributed by atoms with Crippen molar-refractivity contribution in [1.82, 2.24) is 5.32 Å². The summed E-state index contributed by atoms with van der Waals surface area (Å²) in [7, 11) is 1.39. The van der Waals surface area contributed by atoms with Gasteiger partial charge in [-0.1, -0.05) is 18.0 Å². The van der Waals surface area contributed by atoms with E-state index in [1.54, 1.807) is 0 Å². The first-order chi connectivity index (χ1) is 10.5. The average molecular weight is 344 g/mol. The SMILES string of the molecule is COC(=O)CCCCCNC(=O)C(C)Sc1ccc(Cl)cc1. The van der Waals surface area contributed by atoms with Crippen molar-refractivity contribution in [1.29, 1.82) is 0 Å². The fourth-order valence-electron chi connectivity index (χ4n) is 1.80. The third kappa shape index (κ3) is 7.71. The molecule has 0 radical (unpaired) electrons. The minimum absolute atomic E-state index is 0.0212. The summed E-state index contributed by atoms with van der Waals surface area (Å²) >= 11 is 7.34. The molecule has 0 heterocycles. The van der Waals surface area contributed by atoms with Crippen LogP contribution in [0.25, 0.3) is 0 Å². The number of hydrogen-bond donors (Lipinski definition) is 1. The standard InChI is InChI=1S/C16H22ClNO3S/c1-12(22-14-9-7-13(17)8-10-14)16(20)18-11-5-3-4-6-15(19)21-2/h7-10,12H,3-6,11H2,1-2H3,(H,18,20). The monoisotopic (exact) mass is 343 g/mol.